The molecule has 1 aromatic carbocycles. The lowest BCUT2D eigenvalue weighted by atomic mass is 10.1. The number of rotatable bonds is 6. The number of hydrogen-bond acceptors (Lipinski definition) is 4. The van der Waals surface area contributed by atoms with Crippen molar-refractivity contribution in [3.63, 3.8) is 0 Å². The lowest BCUT2D eigenvalue weighted by molar-refractivity contribution is -0.143. The van der Waals surface area contributed by atoms with Gasteiger partial charge in [-0.25, -0.2) is 9.59 Å². The van der Waals surface area contributed by atoms with Crippen LogP contribution < -0.4 is 0 Å². The SMILES string of the molecule is CN(C)CCN(C(=O)OC(C)(C)C)C(C(=O)O)c1ccc(Cl)c(Cl)c1. The summed E-state index contributed by atoms with van der Waals surface area (Å²) in [6.45, 7) is 5.83. The van der Waals surface area contributed by atoms with Crippen molar-refractivity contribution in [3.8, 4) is 0 Å². The number of hydrogen-bond donors (Lipinski definition) is 1. The van der Waals surface area contributed by atoms with Gasteiger partial charge in [0, 0.05) is 13.1 Å². The van der Waals surface area contributed by atoms with Crippen LogP contribution in [0.15, 0.2) is 18.2 Å². The zero-order valence-corrected chi connectivity index (χ0v) is 16.6. The van der Waals surface area contributed by atoms with E-state index in [1.165, 1.54) is 17.0 Å². The number of likely N-dealkylation sites (N-methyl/N-ethyl adjacent to an activating group) is 1. The highest BCUT2D eigenvalue weighted by Gasteiger charge is 2.34. The Morgan fingerprint density at radius 1 is 1.16 bits per heavy atom. The van der Waals surface area contributed by atoms with Crippen molar-refractivity contribution in [3.05, 3.63) is 33.8 Å². The molecule has 0 aliphatic rings. The van der Waals surface area contributed by atoms with Gasteiger partial charge in [-0.15, -0.1) is 0 Å². The average Bonchev–Trinajstić information content (AvgIpc) is 2.44. The second kappa shape index (κ2) is 8.74. The third-order valence-corrected chi connectivity index (χ3v) is 3.96. The molecule has 0 aliphatic heterocycles. The largest absolute Gasteiger partial charge is 0.479 e. The van der Waals surface area contributed by atoms with Crippen molar-refractivity contribution >= 4 is 35.3 Å². The molecular formula is C17H24Cl2N2O4. The van der Waals surface area contributed by atoms with E-state index in [2.05, 4.69) is 0 Å². The fraction of sp³-hybridized carbons (Fsp3) is 0.529. The van der Waals surface area contributed by atoms with E-state index in [1.807, 2.05) is 19.0 Å². The van der Waals surface area contributed by atoms with Gasteiger partial charge in [0.2, 0.25) is 0 Å². The second-order valence-electron chi connectivity index (χ2n) is 6.89. The van der Waals surface area contributed by atoms with E-state index in [-0.39, 0.29) is 11.6 Å². The van der Waals surface area contributed by atoms with Gasteiger partial charge in [-0.05, 0) is 52.6 Å². The number of carboxylic acids is 1. The maximum Gasteiger partial charge on any atom is 0.411 e. The van der Waals surface area contributed by atoms with E-state index in [1.54, 1.807) is 26.8 Å². The van der Waals surface area contributed by atoms with Crippen LogP contribution in [0.2, 0.25) is 10.0 Å². The van der Waals surface area contributed by atoms with Crippen LogP contribution in [-0.4, -0.2) is 59.8 Å². The van der Waals surface area contributed by atoms with Crippen LogP contribution in [0.5, 0.6) is 0 Å². The third-order valence-electron chi connectivity index (χ3n) is 3.22. The molecule has 0 aromatic heterocycles. The molecule has 25 heavy (non-hydrogen) atoms. The smallest absolute Gasteiger partial charge is 0.411 e. The highest BCUT2D eigenvalue weighted by Crippen LogP contribution is 2.29. The molecule has 1 atom stereocenters. The van der Waals surface area contributed by atoms with Crippen LogP contribution in [0.1, 0.15) is 32.4 Å². The van der Waals surface area contributed by atoms with Crippen LogP contribution in [0.4, 0.5) is 4.79 Å². The molecule has 1 rings (SSSR count). The Morgan fingerprint density at radius 2 is 1.76 bits per heavy atom. The Balaban J connectivity index is 3.26. The molecule has 1 amide bonds. The molecule has 0 saturated carbocycles. The minimum Gasteiger partial charge on any atom is -0.479 e. The van der Waals surface area contributed by atoms with Gasteiger partial charge in [0.1, 0.15) is 5.60 Å². The minimum absolute atomic E-state index is 0.180. The molecule has 1 aromatic rings. The summed E-state index contributed by atoms with van der Waals surface area (Å²) in [5.41, 5.74) is -0.389. The second-order valence-corrected chi connectivity index (χ2v) is 7.71. The summed E-state index contributed by atoms with van der Waals surface area (Å²) in [6, 6.07) is 3.27. The van der Waals surface area contributed by atoms with Crippen LogP contribution in [-0.2, 0) is 9.53 Å². The highest BCUT2D eigenvalue weighted by molar-refractivity contribution is 6.42. The van der Waals surface area contributed by atoms with Crippen LogP contribution >= 0.6 is 23.2 Å². The Hall–Kier alpha value is -1.50. The molecule has 0 bridgehead atoms. The summed E-state index contributed by atoms with van der Waals surface area (Å²) < 4.78 is 5.38. The normalized spacial score (nSPS) is 12.8. The summed E-state index contributed by atoms with van der Waals surface area (Å²) >= 11 is 11.9. The predicted octanol–water partition coefficient (Wildman–Crippen LogP) is 3.92. The van der Waals surface area contributed by atoms with Gasteiger partial charge in [-0.3, -0.25) is 4.90 Å². The number of ether oxygens (including phenoxy) is 1. The van der Waals surface area contributed by atoms with Crippen molar-refractivity contribution in [2.24, 2.45) is 0 Å². The molecule has 0 spiro atoms. The quantitative estimate of drug-likeness (QED) is 0.796. The maximum atomic E-state index is 12.6. The molecular weight excluding hydrogens is 367 g/mol. The number of carbonyl (C=O) groups excluding carboxylic acids is 1. The van der Waals surface area contributed by atoms with E-state index >= 15 is 0 Å². The fourth-order valence-corrected chi connectivity index (χ4v) is 2.40. The van der Waals surface area contributed by atoms with Gasteiger partial charge in [-0.2, -0.15) is 0 Å². The number of carboxylic acid groups (broad SMARTS) is 1. The molecule has 0 radical (unpaired) electrons. The lowest BCUT2D eigenvalue weighted by Crippen LogP contribution is -2.45. The van der Waals surface area contributed by atoms with E-state index in [4.69, 9.17) is 27.9 Å². The summed E-state index contributed by atoms with van der Waals surface area (Å²) in [7, 11) is 3.67. The zero-order chi connectivity index (χ0) is 19.4. The molecule has 0 heterocycles. The molecule has 1 N–H and O–H groups in total. The first-order valence-electron chi connectivity index (χ1n) is 7.74. The maximum absolute atomic E-state index is 12.6. The first kappa shape index (κ1) is 21.5. The summed E-state index contributed by atoms with van der Waals surface area (Å²) in [4.78, 5) is 27.6. The molecule has 0 aliphatic carbocycles. The van der Waals surface area contributed by atoms with Gasteiger partial charge in [0.15, 0.2) is 6.04 Å². The number of nitrogens with zero attached hydrogens (tertiary/aromatic N) is 2. The molecule has 6 nitrogen and oxygen atoms in total. The lowest BCUT2D eigenvalue weighted by Gasteiger charge is -2.32. The number of benzene rings is 1. The fourth-order valence-electron chi connectivity index (χ4n) is 2.09. The van der Waals surface area contributed by atoms with E-state index in [9.17, 15) is 14.7 Å². The predicted molar refractivity (Wildman–Crippen MR) is 98.3 cm³/mol. The minimum atomic E-state index is -1.23. The summed E-state index contributed by atoms with van der Waals surface area (Å²) in [6.07, 6.45) is -0.701. The van der Waals surface area contributed by atoms with Crippen molar-refractivity contribution in [2.75, 3.05) is 27.2 Å². The molecule has 1 unspecified atom stereocenters. The number of halogens is 2. The van der Waals surface area contributed by atoms with E-state index in [0.29, 0.717) is 17.1 Å². The molecule has 140 valence electrons. The number of carbonyl (C=O) groups is 2. The molecule has 0 saturated heterocycles. The monoisotopic (exact) mass is 390 g/mol. The standard InChI is InChI=1S/C17H24Cl2N2O4/c1-17(2,3)25-16(24)21(9-8-20(4)5)14(15(22)23)11-6-7-12(18)13(19)10-11/h6-7,10,14H,8-9H2,1-5H3,(H,22,23). The number of amides is 1. The summed E-state index contributed by atoms with van der Waals surface area (Å²) in [5, 5.41) is 10.3. The van der Waals surface area contributed by atoms with Crippen molar-refractivity contribution in [2.45, 2.75) is 32.4 Å². The average molecular weight is 391 g/mol. The first-order valence-corrected chi connectivity index (χ1v) is 8.50. The third kappa shape index (κ3) is 6.72. The van der Waals surface area contributed by atoms with Crippen molar-refractivity contribution < 1.29 is 19.4 Å². The Morgan fingerprint density at radius 3 is 2.20 bits per heavy atom. The Bertz CT molecular complexity index is 630. The van der Waals surface area contributed by atoms with Crippen LogP contribution in [0, 0.1) is 0 Å². The van der Waals surface area contributed by atoms with E-state index < -0.39 is 23.7 Å². The van der Waals surface area contributed by atoms with Crippen molar-refractivity contribution in [1.82, 2.24) is 9.80 Å². The van der Waals surface area contributed by atoms with Gasteiger partial charge < -0.3 is 14.7 Å². The van der Waals surface area contributed by atoms with E-state index in [0.717, 1.165) is 0 Å². The van der Waals surface area contributed by atoms with Gasteiger partial charge >= 0.3 is 12.1 Å². The van der Waals surface area contributed by atoms with Gasteiger partial charge in [0.25, 0.3) is 0 Å². The van der Waals surface area contributed by atoms with Gasteiger partial charge in [-0.1, -0.05) is 29.3 Å². The first-order chi connectivity index (χ1) is 11.4. The van der Waals surface area contributed by atoms with Crippen molar-refractivity contribution in [1.29, 1.82) is 0 Å². The van der Waals surface area contributed by atoms with Gasteiger partial charge in [0.05, 0.1) is 10.0 Å². The molecule has 0 fully saturated rings. The Kier molecular flexibility index (Phi) is 7.53. The zero-order valence-electron chi connectivity index (χ0n) is 15.0. The van der Waals surface area contributed by atoms with Crippen LogP contribution in [0.3, 0.4) is 0 Å². The molecule has 8 heteroatoms. The summed E-state index contributed by atoms with van der Waals surface area (Å²) in [5.74, 6) is -1.18. The number of aliphatic carboxylic acids is 1. The topological polar surface area (TPSA) is 70.1 Å². The highest BCUT2D eigenvalue weighted by atomic mass is 35.5. The van der Waals surface area contributed by atoms with Crippen LogP contribution in [0.25, 0.3) is 0 Å². The Labute approximate surface area is 158 Å².